The van der Waals surface area contributed by atoms with Gasteiger partial charge in [-0.2, -0.15) is 0 Å². The lowest BCUT2D eigenvalue weighted by Gasteiger charge is -2.24. The van der Waals surface area contributed by atoms with Crippen molar-refractivity contribution in [2.75, 3.05) is 19.8 Å². The average Bonchev–Trinajstić information content (AvgIpc) is 2.88. The molecule has 2 aliphatic rings. The molecule has 1 N–H and O–H groups in total. The van der Waals surface area contributed by atoms with Crippen LogP contribution < -0.4 is 9.47 Å². The molecule has 0 saturated carbocycles. The number of carbonyl (C=O) groups is 1. The van der Waals surface area contributed by atoms with Gasteiger partial charge in [0.1, 0.15) is 19.3 Å². The molecule has 0 spiro atoms. The quantitative estimate of drug-likeness (QED) is 0.913. The molecule has 0 amide bonds. The monoisotopic (exact) mass is 341 g/mol. The van der Waals surface area contributed by atoms with E-state index in [1.165, 1.54) is 0 Å². The van der Waals surface area contributed by atoms with Gasteiger partial charge in [-0.15, -0.1) is 0 Å². The molecule has 1 fully saturated rings. The van der Waals surface area contributed by atoms with Crippen LogP contribution in [0.5, 0.6) is 11.5 Å². The molecule has 0 unspecified atom stereocenters. The number of likely N-dealkylation sites (tertiary alicyclic amines) is 1. The normalized spacial score (nSPS) is 21.9. The van der Waals surface area contributed by atoms with Crippen LogP contribution in [-0.2, 0) is 11.3 Å². The Morgan fingerprint density at radius 3 is 2.75 bits per heavy atom. The van der Waals surface area contributed by atoms with Gasteiger partial charge in [0.2, 0.25) is 0 Å². The summed E-state index contributed by atoms with van der Waals surface area (Å²) in [5, 5.41) is 9.22. The molecule has 6 heteroatoms. The molecule has 3 rings (SSSR count). The van der Waals surface area contributed by atoms with Crippen molar-refractivity contribution in [3.05, 3.63) is 22.2 Å². The molecule has 0 bridgehead atoms. The van der Waals surface area contributed by atoms with E-state index in [1.807, 2.05) is 17.0 Å². The minimum atomic E-state index is -0.740. The smallest absolute Gasteiger partial charge is 0.320 e. The highest BCUT2D eigenvalue weighted by molar-refractivity contribution is 9.10. The van der Waals surface area contributed by atoms with Crippen molar-refractivity contribution >= 4 is 21.9 Å². The maximum Gasteiger partial charge on any atom is 0.320 e. The zero-order chi connectivity index (χ0) is 14.1. The molecule has 2 aliphatic heterocycles. The lowest BCUT2D eigenvalue weighted by molar-refractivity contribution is -0.142. The number of nitrogens with zero attached hydrogens (tertiary/aromatic N) is 1. The molecule has 1 aromatic carbocycles. The highest BCUT2D eigenvalue weighted by Gasteiger charge is 2.31. The number of halogens is 1. The first-order chi connectivity index (χ1) is 9.65. The molecule has 1 saturated heterocycles. The van der Waals surface area contributed by atoms with Crippen molar-refractivity contribution in [1.29, 1.82) is 0 Å². The van der Waals surface area contributed by atoms with Crippen molar-refractivity contribution in [1.82, 2.24) is 4.90 Å². The summed E-state index contributed by atoms with van der Waals surface area (Å²) in [6, 6.07) is 3.46. The molecular weight excluding hydrogens is 326 g/mol. The molecule has 5 nitrogen and oxygen atoms in total. The molecule has 108 valence electrons. The fraction of sp³-hybridized carbons (Fsp3) is 0.500. The number of aliphatic carboxylic acids is 1. The number of rotatable bonds is 3. The standard InChI is InChI=1S/C14H16BrNO4/c15-10-7-13-12(19-4-5-20-13)6-9(10)8-16-3-1-2-11(16)14(17)18/h6-7,11H,1-5,8H2,(H,17,18)/t11-/m0/s1. The van der Waals surface area contributed by atoms with Gasteiger partial charge in [0, 0.05) is 11.0 Å². The number of carboxylic acids is 1. The van der Waals surface area contributed by atoms with Crippen LogP contribution in [0, 0.1) is 0 Å². The Kier molecular flexibility index (Phi) is 3.85. The minimum Gasteiger partial charge on any atom is -0.486 e. The van der Waals surface area contributed by atoms with Gasteiger partial charge >= 0.3 is 5.97 Å². The van der Waals surface area contributed by atoms with Crippen LogP contribution in [0.25, 0.3) is 0 Å². The Morgan fingerprint density at radius 2 is 2.05 bits per heavy atom. The predicted octanol–water partition coefficient (Wildman–Crippen LogP) is 2.27. The molecule has 1 aromatic rings. The van der Waals surface area contributed by atoms with Gasteiger partial charge in [-0.25, -0.2) is 0 Å². The van der Waals surface area contributed by atoms with Gasteiger partial charge < -0.3 is 14.6 Å². The van der Waals surface area contributed by atoms with Crippen molar-refractivity contribution < 1.29 is 19.4 Å². The summed E-state index contributed by atoms with van der Waals surface area (Å²) in [6.07, 6.45) is 1.65. The van der Waals surface area contributed by atoms with Gasteiger partial charge in [0.25, 0.3) is 0 Å². The fourth-order valence-electron chi connectivity index (χ4n) is 2.74. The summed E-state index contributed by atoms with van der Waals surface area (Å²) in [5.41, 5.74) is 1.03. The Labute approximate surface area is 125 Å². The SMILES string of the molecule is O=C(O)[C@@H]1CCCN1Cc1cc2c(cc1Br)OCCO2. The lowest BCUT2D eigenvalue weighted by Crippen LogP contribution is -2.35. The van der Waals surface area contributed by atoms with Crippen molar-refractivity contribution in [2.45, 2.75) is 25.4 Å². The number of benzene rings is 1. The maximum atomic E-state index is 11.2. The van der Waals surface area contributed by atoms with E-state index in [2.05, 4.69) is 15.9 Å². The highest BCUT2D eigenvalue weighted by Crippen LogP contribution is 2.36. The van der Waals surface area contributed by atoms with Crippen LogP contribution in [0.1, 0.15) is 18.4 Å². The molecule has 0 aliphatic carbocycles. The third-order valence-electron chi connectivity index (χ3n) is 3.73. The van der Waals surface area contributed by atoms with Crippen LogP contribution in [-0.4, -0.2) is 41.8 Å². The van der Waals surface area contributed by atoms with Gasteiger partial charge in [-0.3, -0.25) is 9.69 Å². The van der Waals surface area contributed by atoms with Crippen LogP contribution in [0.4, 0.5) is 0 Å². The zero-order valence-corrected chi connectivity index (χ0v) is 12.6. The lowest BCUT2D eigenvalue weighted by atomic mass is 10.1. The number of hydrogen-bond acceptors (Lipinski definition) is 4. The highest BCUT2D eigenvalue weighted by atomic mass is 79.9. The topological polar surface area (TPSA) is 59.0 Å². The largest absolute Gasteiger partial charge is 0.486 e. The third kappa shape index (κ3) is 2.62. The maximum absolute atomic E-state index is 11.2. The average molecular weight is 342 g/mol. The second-order valence-corrected chi connectivity index (χ2v) is 5.91. The van der Waals surface area contributed by atoms with Crippen molar-refractivity contribution in [3.63, 3.8) is 0 Å². The Bertz CT molecular complexity index is 534. The van der Waals surface area contributed by atoms with E-state index in [1.54, 1.807) is 0 Å². The van der Waals surface area contributed by atoms with Crippen molar-refractivity contribution in [3.8, 4) is 11.5 Å². The third-order valence-corrected chi connectivity index (χ3v) is 4.47. The molecule has 0 aromatic heterocycles. The summed E-state index contributed by atoms with van der Waals surface area (Å²) in [6.45, 7) is 2.54. The molecule has 0 radical (unpaired) electrons. The number of hydrogen-bond donors (Lipinski definition) is 1. The molecule has 20 heavy (non-hydrogen) atoms. The first-order valence-electron chi connectivity index (χ1n) is 6.70. The van der Waals surface area contributed by atoms with Gasteiger partial charge in [-0.05, 0) is 37.1 Å². The van der Waals surface area contributed by atoms with E-state index in [9.17, 15) is 9.90 Å². The Hall–Kier alpha value is -1.27. The minimum absolute atomic E-state index is 0.380. The van der Waals surface area contributed by atoms with Gasteiger partial charge in [-0.1, -0.05) is 15.9 Å². The zero-order valence-electron chi connectivity index (χ0n) is 11.0. The van der Waals surface area contributed by atoms with E-state index in [4.69, 9.17) is 9.47 Å². The first kappa shape index (κ1) is 13.7. The van der Waals surface area contributed by atoms with Crippen molar-refractivity contribution in [2.24, 2.45) is 0 Å². The first-order valence-corrected chi connectivity index (χ1v) is 7.49. The summed E-state index contributed by atoms with van der Waals surface area (Å²) < 4.78 is 12.0. The van der Waals surface area contributed by atoms with Gasteiger partial charge in [0.05, 0.1) is 0 Å². The fourth-order valence-corrected chi connectivity index (χ4v) is 3.19. The van der Waals surface area contributed by atoms with Crippen LogP contribution in [0.2, 0.25) is 0 Å². The Morgan fingerprint density at radius 1 is 1.35 bits per heavy atom. The van der Waals surface area contributed by atoms with E-state index in [-0.39, 0.29) is 6.04 Å². The summed E-state index contributed by atoms with van der Waals surface area (Å²) in [4.78, 5) is 13.2. The van der Waals surface area contributed by atoms with E-state index < -0.39 is 5.97 Å². The number of carboxylic acid groups (broad SMARTS) is 1. The van der Waals surface area contributed by atoms with Gasteiger partial charge in [0.15, 0.2) is 11.5 Å². The molecule has 1 atom stereocenters. The van der Waals surface area contributed by atoms with E-state index in [0.717, 1.165) is 40.9 Å². The number of ether oxygens (including phenoxy) is 2. The summed E-state index contributed by atoms with van der Waals surface area (Å²) in [7, 11) is 0. The van der Waals surface area contributed by atoms with Crippen LogP contribution in [0.15, 0.2) is 16.6 Å². The van der Waals surface area contributed by atoms with Crippen LogP contribution in [0.3, 0.4) is 0 Å². The molecular formula is C14H16BrNO4. The Balaban J connectivity index is 1.82. The summed E-state index contributed by atoms with van der Waals surface area (Å²) in [5.74, 6) is 0.736. The van der Waals surface area contributed by atoms with E-state index in [0.29, 0.717) is 19.8 Å². The second kappa shape index (κ2) is 5.61. The van der Waals surface area contributed by atoms with Crippen LogP contribution >= 0.6 is 15.9 Å². The van der Waals surface area contributed by atoms with E-state index >= 15 is 0 Å². The predicted molar refractivity (Wildman–Crippen MR) is 76.2 cm³/mol. The molecule has 2 heterocycles. The number of fused-ring (bicyclic) bond motifs is 1. The second-order valence-electron chi connectivity index (χ2n) is 5.05. The summed E-state index contributed by atoms with van der Waals surface area (Å²) >= 11 is 3.53.